The average Bonchev–Trinajstić information content (AvgIpc) is 3.26. The van der Waals surface area contributed by atoms with Gasteiger partial charge in [-0.3, -0.25) is 4.79 Å². The predicted molar refractivity (Wildman–Crippen MR) is 140 cm³/mol. The van der Waals surface area contributed by atoms with Crippen LogP contribution in [0.3, 0.4) is 0 Å². The molecule has 0 radical (unpaired) electrons. The molecule has 0 atom stereocenters. The van der Waals surface area contributed by atoms with Crippen molar-refractivity contribution in [1.29, 1.82) is 5.26 Å². The number of aryl methyl sites for hydroxylation is 1. The van der Waals surface area contributed by atoms with Gasteiger partial charge in [0.2, 0.25) is 5.78 Å². The normalized spacial score (nSPS) is 11.1. The minimum absolute atomic E-state index is 0.00992. The van der Waals surface area contributed by atoms with E-state index in [1.54, 1.807) is 66.7 Å². The van der Waals surface area contributed by atoms with E-state index in [9.17, 15) is 18.5 Å². The molecule has 1 N–H and O–H groups in total. The molecule has 4 aromatic rings. The number of rotatable bonds is 9. The minimum atomic E-state index is -3.44. The van der Waals surface area contributed by atoms with Crippen molar-refractivity contribution >= 4 is 33.0 Å². The molecule has 0 aliphatic carbocycles. The zero-order chi connectivity index (χ0) is 25.7. The van der Waals surface area contributed by atoms with E-state index >= 15 is 0 Å². The van der Waals surface area contributed by atoms with Gasteiger partial charge in [0, 0.05) is 17.1 Å². The van der Waals surface area contributed by atoms with Gasteiger partial charge in [0.05, 0.1) is 16.3 Å². The standard InChI is InChI=1S/C27H23ClN4O3S/c1-19-8-10-20(11-9-19)26(33)25-24(18-29)27(32(31-25)22-14-12-21(28)13-15-22)30-16-5-17-36(34,35)23-6-3-2-4-7-23/h2-4,6-15,30H,5,16-17H2,1H3. The van der Waals surface area contributed by atoms with Crippen LogP contribution >= 0.6 is 11.6 Å². The second-order valence-electron chi connectivity index (χ2n) is 8.18. The molecule has 1 heterocycles. The van der Waals surface area contributed by atoms with Crippen molar-refractivity contribution in [3.05, 3.63) is 106 Å². The number of anilines is 1. The third-order valence-corrected chi connectivity index (χ3v) is 7.65. The maximum atomic E-state index is 13.3. The summed E-state index contributed by atoms with van der Waals surface area (Å²) in [7, 11) is -3.44. The molecule has 9 heteroatoms. The molecule has 7 nitrogen and oxygen atoms in total. The lowest BCUT2D eigenvalue weighted by atomic mass is 10.0. The van der Waals surface area contributed by atoms with Gasteiger partial charge >= 0.3 is 0 Å². The third-order valence-electron chi connectivity index (χ3n) is 5.58. The molecule has 0 fully saturated rings. The fourth-order valence-electron chi connectivity index (χ4n) is 3.67. The molecule has 0 unspecified atom stereocenters. The molecule has 0 spiro atoms. The highest BCUT2D eigenvalue weighted by Crippen LogP contribution is 2.26. The highest BCUT2D eigenvalue weighted by molar-refractivity contribution is 7.91. The maximum absolute atomic E-state index is 13.3. The molecule has 36 heavy (non-hydrogen) atoms. The quantitative estimate of drug-likeness (QED) is 0.241. The number of nitriles is 1. The van der Waals surface area contributed by atoms with Crippen LogP contribution in [0.5, 0.6) is 0 Å². The van der Waals surface area contributed by atoms with Crippen LogP contribution in [-0.4, -0.2) is 36.3 Å². The van der Waals surface area contributed by atoms with E-state index in [2.05, 4.69) is 16.5 Å². The Bertz CT molecular complexity index is 1520. The van der Waals surface area contributed by atoms with E-state index in [-0.39, 0.29) is 40.7 Å². The Morgan fingerprint density at radius 3 is 2.33 bits per heavy atom. The Balaban J connectivity index is 1.63. The lowest BCUT2D eigenvalue weighted by molar-refractivity contribution is 0.103. The number of hydrogen-bond acceptors (Lipinski definition) is 6. The first kappa shape index (κ1) is 25.2. The number of nitrogens with zero attached hydrogens (tertiary/aromatic N) is 3. The smallest absolute Gasteiger partial charge is 0.214 e. The van der Waals surface area contributed by atoms with E-state index in [1.165, 1.54) is 4.68 Å². The van der Waals surface area contributed by atoms with Crippen LogP contribution < -0.4 is 5.32 Å². The van der Waals surface area contributed by atoms with E-state index < -0.39 is 9.84 Å². The predicted octanol–water partition coefficient (Wildman–Crippen LogP) is 5.21. The summed E-state index contributed by atoms with van der Waals surface area (Å²) in [5.74, 6) is -0.141. The van der Waals surface area contributed by atoms with Crippen LogP contribution in [0.1, 0.15) is 33.6 Å². The second-order valence-corrected chi connectivity index (χ2v) is 10.7. The first-order valence-corrected chi connectivity index (χ1v) is 13.3. The van der Waals surface area contributed by atoms with Gasteiger partial charge in [-0.15, -0.1) is 0 Å². The summed E-state index contributed by atoms with van der Waals surface area (Å²) >= 11 is 6.03. The van der Waals surface area contributed by atoms with Crippen molar-refractivity contribution in [3.8, 4) is 11.8 Å². The summed E-state index contributed by atoms with van der Waals surface area (Å²) in [6.45, 7) is 2.17. The number of nitrogens with one attached hydrogen (secondary N) is 1. The largest absolute Gasteiger partial charge is 0.369 e. The summed E-state index contributed by atoms with van der Waals surface area (Å²) in [5, 5.41) is 18.1. The summed E-state index contributed by atoms with van der Waals surface area (Å²) in [5.41, 5.74) is 2.11. The fraction of sp³-hybridized carbons (Fsp3) is 0.148. The van der Waals surface area contributed by atoms with Crippen LogP contribution in [0.25, 0.3) is 5.69 Å². The number of ketones is 1. The second kappa shape index (κ2) is 10.8. The number of carbonyl (C=O) groups is 1. The van der Waals surface area contributed by atoms with Gasteiger partial charge in [0.25, 0.3) is 0 Å². The zero-order valence-corrected chi connectivity index (χ0v) is 21.1. The highest BCUT2D eigenvalue weighted by Gasteiger charge is 2.25. The molecule has 0 amide bonds. The highest BCUT2D eigenvalue weighted by atomic mass is 35.5. The van der Waals surface area contributed by atoms with Gasteiger partial charge in [-0.1, -0.05) is 59.6 Å². The van der Waals surface area contributed by atoms with Crippen LogP contribution in [0, 0.1) is 18.3 Å². The number of carbonyl (C=O) groups excluding carboxylic acids is 1. The Morgan fingerprint density at radius 2 is 1.69 bits per heavy atom. The van der Waals surface area contributed by atoms with E-state index in [1.807, 2.05) is 19.1 Å². The summed E-state index contributed by atoms with van der Waals surface area (Å²) in [6, 6.07) is 24.2. The van der Waals surface area contributed by atoms with Gasteiger partial charge < -0.3 is 5.32 Å². The molecular formula is C27H23ClN4O3S. The lowest BCUT2D eigenvalue weighted by Gasteiger charge is -2.11. The van der Waals surface area contributed by atoms with Gasteiger partial charge in [-0.25, -0.2) is 13.1 Å². The number of aromatic nitrogens is 2. The minimum Gasteiger partial charge on any atom is -0.369 e. The number of hydrogen-bond donors (Lipinski definition) is 1. The Kier molecular flexibility index (Phi) is 7.53. The lowest BCUT2D eigenvalue weighted by Crippen LogP contribution is -2.14. The number of halogens is 1. The molecule has 1 aromatic heterocycles. The molecule has 4 rings (SSSR count). The Hall–Kier alpha value is -3.93. The molecule has 0 saturated heterocycles. The Morgan fingerprint density at radius 1 is 1.03 bits per heavy atom. The summed E-state index contributed by atoms with van der Waals surface area (Å²) in [6.07, 6.45) is 0.287. The topological polar surface area (TPSA) is 105 Å². The first-order valence-electron chi connectivity index (χ1n) is 11.2. The fourth-order valence-corrected chi connectivity index (χ4v) is 5.13. The number of sulfone groups is 1. The molecule has 0 aliphatic heterocycles. The maximum Gasteiger partial charge on any atom is 0.214 e. The summed E-state index contributed by atoms with van der Waals surface area (Å²) in [4.78, 5) is 13.5. The summed E-state index contributed by atoms with van der Waals surface area (Å²) < 4.78 is 26.7. The molecule has 3 aromatic carbocycles. The van der Waals surface area contributed by atoms with E-state index in [0.717, 1.165) is 5.56 Å². The SMILES string of the molecule is Cc1ccc(C(=O)c2nn(-c3ccc(Cl)cc3)c(NCCCS(=O)(=O)c3ccccc3)c2C#N)cc1. The van der Waals surface area contributed by atoms with Crippen molar-refractivity contribution in [1.82, 2.24) is 9.78 Å². The van der Waals surface area contributed by atoms with Crippen molar-refractivity contribution in [2.75, 3.05) is 17.6 Å². The zero-order valence-electron chi connectivity index (χ0n) is 19.5. The van der Waals surface area contributed by atoms with Gasteiger partial charge in [-0.2, -0.15) is 10.4 Å². The molecule has 0 bridgehead atoms. The van der Waals surface area contributed by atoms with Gasteiger partial charge in [-0.05, 0) is 49.7 Å². The Labute approximate surface area is 214 Å². The van der Waals surface area contributed by atoms with Crippen LogP contribution in [0.4, 0.5) is 5.82 Å². The molecule has 0 aliphatic rings. The van der Waals surface area contributed by atoms with Crippen molar-refractivity contribution in [3.63, 3.8) is 0 Å². The molecule has 182 valence electrons. The van der Waals surface area contributed by atoms with E-state index in [4.69, 9.17) is 11.6 Å². The van der Waals surface area contributed by atoms with Crippen LogP contribution in [-0.2, 0) is 9.84 Å². The van der Waals surface area contributed by atoms with Crippen molar-refractivity contribution < 1.29 is 13.2 Å². The van der Waals surface area contributed by atoms with Crippen molar-refractivity contribution in [2.24, 2.45) is 0 Å². The number of benzene rings is 3. The first-order chi connectivity index (χ1) is 17.3. The van der Waals surface area contributed by atoms with E-state index in [0.29, 0.717) is 22.1 Å². The van der Waals surface area contributed by atoms with Crippen LogP contribution in [0.2, 0.25) is 5.02 Å². The van der Waals surface area contributed by atoms with Gasteiger partial charge in [0.1, 0.15) is 17.5 Å². The van der Waals surface area contributed by atoms with Gasteiger partial charge in [0.15, 0.2) is 15.5 Å². The third kappa shape index (κ3) is 5.48. The average molecular weight is 519 g/mol. The van der Waals surface area contributed by atoms with Crippen LogP contribution in [0.15, 0.2) is 83.8 Å². The van der Waals surface area contributed by atoms with Crippen molar-refractivity contribution in [2.45, 2.75) is 18.2 Å². The monoisotopic (exact) mass is 518 g/mol. The molecular weight excluding hydrogens is 496 g/mol. The molecule has 0 saturated carbocycles.